The number of hydrogen-bond donors (Lipinski definition) is 1. The summed E-state index contributed by atoms with van der Waals surface area (Å²) in [6.45, 7) is 1.10. The van der Waals surface area contributed by atoms with E-state index in [9.17, 15) is 9.59 Å². The van der Waals surface area contributed by atoms with E-state index in [2.05, 4.69) is 26.0 Å². The van der Waals surface area contributed by atoms with Gasteiger partial charge in [0.15, 0.2) is 0 Å². The molecule has 1 heterocycles. The molecule has 1 aromatic carbocycles. The fourth-order valence-corrected chi connectivity index (χ4v) is 2.47. The van der Waals surface area contributed by atoms with Crippen LogP contribution in [0, 0.1) is 0 Å². The molecule has 1 atom stereocenters. The molecule has 0 aliphatic carbocycles. The maximum Gasteiger partial charge on any atom is 0.409 e. The maximum atomic E-state index is 12.0. The molecule has 1 saturated heterocycles. The molecule has 19 heavy (non-hydrogen) atoms. The number of nitrogens with zero attached hydrogens (tertiary/aromatic N) is 1. The summed E-state index contributed by atoms with van der Waals surface area (Å²) in [5, 5.41) is 2.92. The molecule has 1 unspecified atom stereocenters. The largest absolute Gasteiger partial charge is 0.453 e. The number of likely N-dealkylation sites (tertiary alicyclic amines) is 1. The number of hydrogen-bond acceptors (Lipinski definition) is 3. The third kappa shape index (κ3) is 3.47. The standard InChI is InChI=1S/C13H15BrN2O3/c1-19-13(18)16-6-5-11(8-16)15-12(17)9-3-2-4-10(14)7-9/h2-4,7,11H,5-6,8H2,1H3,(H,15,17). The maximum absolute atomic E-state index is 12.0. The Labute approximate surface area is 120 Å². The van der Waals surface area contributed by atoms with Crippen molar-refractivity contribution >= 4 is 27.9 Å². The first-order valence-electron chi connectivity index (χ1n) is 5.99. The number of methoxy groups -OCH3 is 1. The number of carbonyl (C=O) groups is 2. The lowest BCUT2D eigenvalue weighted by molar-refractivity contribution is 0.0934. The Morgan fingerprint density at radius 3 is 2.95 bits per heavy atom. The van der Waals surface area contributed by atoms with Crippen LogP contribution in [0.5, 0.6) is 0 Å². The first-order chi connectivity index (χ1) is 9.10. The normalized spacial score (nSPS) is 18.2. The predicted octanol–water partition coefficient (Wildman–Crippen LogP) is 2.02. The van der Waals surface area contributed by atoms with Crippen LogP contribution in [0.3, 0.4) is 0 Å². The van der Waals surface area contributed by atoms with Crippen molar-refractivity contribution in [1.29, 1.82) is 0 Å². The van der Waals surface area contributed by atoms with Gasteiger partial charge in [0.1, 0.15) is 0 Å². The van der Waals surface area contributed by atoms with Crippen molar-refractivity contribution < 1.29 is 14.3 Å². The summed E-state index contributed by atoms with van der Waals surface area (Å²) in [6, 6.07) is 7.18. The highest BCUT2D eigenvalue weighted by Gasteiger charge is 2.27. The summed E-state index contributed by atoms with van der Waals surface area (Å²) < 4.78 is 5.52. The molecule has 102 valence electrons. The van der Waals surface area contributed by atoms with E-state index in [0.717, 1.165) is 10.9 Å². The van der Waals surface area contributed by atoms with Crippen molar-refractivity contribution in [3.05, 3.63) is 34.3 Å². The molecule has 2 amide bonds. The molecular weight excluding hydrogens is 312 g/mol. The van der Waals surface area contributed by atoms with E-state index < -0.39 is 0 Å². The number of rotatable bonds is 2. The lowest BCUT2D eigenvalue weighted by Gasteiger charge is -2.15. The topological polar surface area (TPSA) is 58.6 Å². The summed E-state index contributed by atoms with van der Waals surface area (Å²) in [5.74, 6) is -0.127. The number of ether oxygens (including phenoxy) is 1. The Balaban J connectivity index is 1.92. The fraction of sp³-hybridized carbons (Fsp3) is 0.385. The van der Waals surface area contributed by atoms with E-state index in [0.29, 0.717) is 18.7 Å². The first-order valence-corrected chi connectivity index (χ1v) is 6.79. The minimum Gasteiger partial charge on any atom is -0.453 e. The molecule has 1 N–H and O–H groups in total. The van der Waals surface area contributed by atoms with Gasteiger partial charge in [-0.15, -0.1) is 0 Å². The molecule has 6 heteroatoms. The van der Waals surface area contributed by atoms with E-state index in [-0.39, 0.29) is 18.0 Å². The Morgan fingerprint density at radius 1 is 1.47 bits per heavy atom. The molecule has 0 bridgehead atoms. The Morgan fingerprint density at radius 2 is 2.26 bits per heavy atom. The molecule has 0 radical (unpaired) electrons. The molecule has 1 aliphatic heterocycles. The van der Waals surface area contributed by atoms with Gasteiger partial charge in [-0.2, -0.15) is 0 Å². The fourth-order valence-electron chi connectivity index (χ4n) is 2.07. The van der Waals surface area contributed by atoms with Gasteiger partial charge >= 0.3 is 6.09 Å². The van der Waals surface area contributed by atoms with Gasteiger partial charge in [0.2, 0.25) is 0 Å². The molecule has 0 saturated carbocycles. The molecule has 1 fully saturated rings. The lowest BCUT2D eigenvalue weighted by Crippen LogP contribution is -2.38. The summed E-state index contributed by atoms with van der Waals surface area (Å²) in [4.78, 5) is 25.0. The van der Waals surface area contributed by atoms with E-state index in [1.165, 1.54) is 7.11 Å². The highest BCUT2D eigenvalue weighted by Crippen LogP contribution is 2.14. The van der Waals surface area contributed by atoms with Gasteiger partial charge in [0, 0.05) is 29.2 Å². The Bertz CT molecular complexity index is 493. The second-order valence-electron chi connectivity index (χ2n) is 4.39. The SMILES string of the molecule is COC(=O)N1CCC(NC(=O)c2cccc(Br)c2)C1. The molecule has 0 aromatic heterocycles. The Kier molecular flexibility index (Phi) is 4.42. The van der Waals surface area contributed by atoms with Gasteiger partial charge in [-0.3, -0.25) is 4.79 Å². The van der Waals surface area contributed by atoms with Crippen LogP contribution in [0.25, 0.3) is 0 Å². The quantitative estimate of drug-likeness (QED) is 0.904. The third-order valence-electron chi connectivity index (χ3n) is 3.04. The lowest BCUT2D eigenvalue weighted by atomic mass is 10.2. The van der Waals surface area contributed by atoms with Crippen molar-refractivity contribution in [2.24, 2.45) is 0 Å². The van der Waals surface area contributed by atoms with Gasteiger partial charge in [-0.25, -0.2) is 4.79 Å². The van der Waals surface area contributed by atoms with Crippen LogP contribution < -0.4 is 5.32 Å². The van der Waals surface area contributed by atoms with E-state index in [1.54, 1.807) is 17.0 Å². The van der Waals surface area contributed by atoms with Crippen LogP contribution in [0.4, 0.5) is 4.79 Å². The second-order valence-corrected chi connectivity index (χ2v) is 5.30. The van der Waals surface area contributed by atoms with Crippen molar-refractivity contribution in [1.82, 2.24) is 10.2 Å². The number of carbonyl (C=O) groups excluding carboxylic acids is 2. The highest BCUT2D eigenvalue weighted by molar-refractivity contribution is 9.10. The van der Waals surface area contributed by atoms with Crippen LogP contribution in [0.1, 0.15) is 16.8 Å². The molecular formula is C13H15BrN2O3. The third-order valence-corrected chi connectivity index (χ3v) is 3.54. The molecule has 1 aromatic rings. The van der Waals surface area contributed by atoms with Crippen LogP contribution >= 0.6 is 15.9 Å². The van der Waals surface area contributed by atoms with Crippen molar-refractivity contribution in [2.45, 2.75) is 12.5 Å². The zero-order valence-electron chi connectivity index (χ0n) is 10.6. The number of amides is 2. The minimum absolute atomic E-state index is 0.0226. The van der Waals surface area contributed by atoms with Gasteiger partial charge in [0.25, 0.3) is 5.91 Å². The molecule has 5 nitrogen and oxygen atoms in total. The van der Waals surface area contributed by atoms with E-state index in [1.807, 2.05) is 12.1 Å². The number of nitrogens with one attached hydrogen (secondary N) is 1. The zero-order valence-corrected chi connectivity index (χ0v) is 12.1. The van der Waals surface area contributed by atoms with Crippen molar-refractivity contribution in [2.75, 3.05) is 20.2 Å². The van der Waals surface area contributed by atoms with E-state index >= 15 is 0 Å². The second kappa shape index (κ2) is 6.06. The van der Waals surface area contributed by atoms with Crippen LogP contribution in [0.15, 0.2) is 28.7 Å². The molecule has 1 aliphatic rings. The summed E-state index contributed by atoms with van der Waals surface area (Å²) in [7, 11) is 1.36. The molecule has 2 rings (SSSR count). The van der Waals surface area contributed by atoms with Crippen LogP contribution in [-0.2, 0) is 4.74 Å². The van der Waals surface area contributed by atoms with Crippen molar-refractivity contribution in [3.8, 4) is 0 Å². The van der Waals surface area contributed by atoms with E-state index in [4.69, 9.17) is 0 Å². The number of halogens is 1. The Hall–Kier alpha value is -1.56. The summed E-state index contributed by atoms with van der Waals surface area (Å²) >= 11 is 3.33. The minimum atomic E-state index is -0.348. The number of benzene rings is 1. The average molecular weight is 327 g/mol. The van der Waals surface area contributed by atoms with Gasteiger partial charge in [-0.1, -0.05) is 22.0 Å². The van der Waals surface area contributed by atoms with Crippen LogP contribution in [0.2, 0.25) is 0 Å². The van der Waals surface area contributed by atoms with Gasteiger partial charge in [-0.05, 0) is 24.6 Å². The average Bonchev–Trinajstić information content (AvgIpc) is 2.86. The smallest absolute Gasteiger partial charge is 0.409 e. The first kappa shape index (κ1) is 13.9. The zero-order chi connectivity index (χ0) is 13.8. The summed E-state index contributed by atoms with van der Waals surface area (Å²) in [5.41, 5.74) is 0.603. The predicted molar refractivity (Wildman–Crippen MR) is 74.0 cm³/mol. The van der Waals surface area contributed by atoms with Crippen LogP contribution in [-0.4, -0.2) is 43.1 Å². The van der Waals surface area contributed by atoms with Gasteiger partial charge < -0.3 is 15.0 Å². The van der Waals surface area contributed by atoms with Gasteiger partial charge in [0.05, 0.1) is 7.11 Å². The highest BCUT2D eigenvalue weighted by atomic mass is 79.9. The summed E-state index contributed by atoms with van der Waals surface area (Å²) in [6.07, 6.45) is 0.397. The monoisotopic (exact) mass is 326 g/mol. The molecule has 0 spiro atoms. The van der Waals surface area contributed by atoms with Crippen molar-refractivity contribution in [3.63, 3.8) is 0 Å².